The van der Waals surface area contributed by atoms with Crippen LogP contribution in [0.25, 0.3) is 0 Å². The van der Waals surface area contributed by atoms with Gasteiger partial charge in [0.05, 0.1) is 12.7 Å². The first-order valence-corrected chi connectivity index (χ1v) is 15.4. The van der Waals surface area contributed by atoms with Crippen molar-refractivity contribution >= 4 is 17.8 Å². The van der Waals surface area contributed by atoms with Crippen LogP contribution in [-0.4, -0.2) is 30.9 Å². The molecule has 1 fully saturated rings. The second-order valence-electron chi connectivity index (χ2n) is 11.4. The minimum Gasteiger partial charge on any atom is -0.465 e. The molecule has 222 valence electrons. The van der Waals surface area contributed by atoms with E-state index in [1.165, 1.54) is 25.2 Å². The summed E-state index contributed by atoms with van der Waals surface area (Å²) in [5.74, 6) is 0.729. The van der Waals surface area contributed by atoms with Crippen molar-refractivity contribution < 1.29 is 19.1 Å². The number of allylic oxidation sites excluding steroid dienone is 1. The van der Waals surface area contributed by atoms with Gasteiger partial charge in [-0.1, -0.05) is 81.1 Å². The molecule has 6 nitrogen and oxygen atoms in total. The Morgan fingerprint density at radius 3 is 2.22 bits per heavy atom. The lowest BCUT2D eigenvalue weighted by atomic mass is 9.78. The molecular weight excluding hydrogens is 512 g/mol. The van der Waals surface area contributed by atoms with Crippen molar-refractivity contribution in [2.45, 2.75) is 96.1 Å². The number of carbonyl (C=O) groups is 3. The zero-order valence-electron chi connectivity index (χ0n) is 24.7. The molecule has 1 aliphatic carbocycles. The van der Waals surface area contributed by atoms with Crippen LogP contribution >= 0.6 is 0 Å². The van der Waals surface area contributed by atoms with E-state index in [1.807, 2.05) is 12.1 Å². The van der Waals surface area contributed by atoms with Crippen LogP contribution in [-0.2, 0) is 22.5 Å². The average Bonchev–Trinajstić information content (AvgIpc) is 3.02. The molecule has 0 aromatic heterocycles. The summed E-state index contributed by atoms with van der Waals surface area (Å²) in [5.41, 5.74) is 2.80. The first kappa shape index (κ1) is 32.1. The Labute approximate surface area is 246 Å². The maximum Gasteiger partial charge on any atom is 0.337 e. The highest BCUT2D eigenvalue weighted by molar-refractivity contribution is 5.91. The summed E-state index contributed by atoms with van der Waals surface area (Å²) in [6.45, 7) is 4.03. The number of methoxy groups -OCH3 is 1. The second kappa shape index (κ2) is 18.1. The lowest BCUT2D eigenvalue weighted by molar-refractivity contribution is -0.119. The summed E-state index contributed by atoms with van der Waals surface area (Å²) in [6.07, 6.45) is 15.6. The van der Waals surface area contributed by atoms with E-state index in [0.717, 1.165) is 82.6 Å². The van der Waals surface area contributed by atoms with Crippen LogP contribution < -0.4 is 10.6 Å². The van der Waals surface area contributed by atoms with Crippen molar-refractivity contribution in [1.82, 2.24) is 10.6 Å². The Balaban J connectivity index is 1.41. The summed E-state index contributed by atoms with van der Waals surface area (Å²) in [4.78, 5) is 36.3. The van der Waals surface area contributed by atoms with E-state index >= 15 is 0 Å². The van der Waals surface area contributed by atoms with Crippen LogP contribution in [0.1, 0.15) is 98.5 Å². The molecule has 0 heterocycles. The van der Waals surface area contributed by atoms with Crippen LogP contribution in [0.2, 0.25) is 0 Å². The molecule has 0 radical (unpaired) electrons. The van der Waals surface area contributed by atoms with Crippen molar-refractivity contribution in [3.8, 4) is 0 Å². The topological polar surface area (TPSA) is 84.5 Å². The predicted octanol–water partition coefficient (Wildman–Crippen LogP) is 7.57. The molecule has 0 spiro atoms. The molecule has 2 aromatic carbocycles. The fourth-order valence-corrected chi connectivity index (χ4v) is 5.85. The Morgan fingerprint density at radius 1 is 0.878 bits per heavy atom. The number of unbranched alkanes of at least 4 members (excludes halogenated alkanes) is 3. The quantitative estimate of drug-likeness (QED) is 0.119. The highest BCUT2D eigenvalue weighted by Gasteiger charge is 2.24. The van der Waals surface area contributed by atoms with Gasteiger partial charge in [-0.05, 0) is 86.6 Å². The maximum absolute atomic E-state index is 12.8. The number of hydrogen-bond donors (Lipinski definition) is 2. The van der Waals surface area contributed by atoms with E-state index in [-0.39, 0.29) is 29.7 Å². The normalized spacial score (nSPS) is 17.3. The zero-order chi connectivity index (χ0) is 29.3. The smallest absolute Gasteiger partial charge is 0.337 e. The number of carbonyl (C=O) groups excluding carboxylic acids is 3. The fraction of sp³-hybridized carbons (Fsp3) is 0.514. The third-order valence-corrected chi connectivity index (χ3v) is 8.39. The number of ether oxygens (including phenoxy) is 1. The van der Waals surface area contributed by atoms with Crippen LogP contribution in [0, 0.1) is 11.8 Å². The molecule has 1 aliphatic rings. The molecular formula is C35H48N2O4. The van der Waals surface area contributed by atoms with Gasteiger partial charge in [-0.2, -0.15) is 0 Å². The summed E-state index contributed by atoms with van der Waals surface area (Å²) in [7, 11) is 1.36. The summed E-state index contributed by atoms with van der Waals surface area (Å²) >= 11 is 0. The summed E-state index contributed by atoms with van der Waals surface area (Å²) in [5, 5.41) is 6.20. The van der Waals surface area contributed by atoms with Crippen molar-refractivity contribution in [2.24, 2.45) is 11.8 Å². The minimum absolute atomic E-state index is 0.148. The van der Waals surface area contributed by atoms with Crippen molar-refractivity contribution in [1.29, 1.82) is 0 Å². The number of esters is 1. The molecule has 41 heavy (non-hydrogen) atoms. The largest absolute Gasteiger partial charge is 0.465 e. The molecule has 1 saturated carbocycles. The van der Waals surface area contributed by atoms with Gasteiger partial charge in [0.2, 0.25) is 0 Å². The number of amides is 2. The Kier molecular flexibility index (Phi) is 14.2. The van der Waals surface area contributed by atoms with E-state index in [1.54, 1.807) is 12.1 Å². The first-order valence-electron chi connectivity index (χ1n) is 15.4. The molecule has 1 atom stereocenters. The van der Waals surface area contributed by atoms with Crippen LogP contribution in [0.3, 0.4) is 0 Å². The Bertz CT molecular complexity index is 1080. The lowest BCUT2D eigenvalue weighted by Gasteiger charge is -2.27. The number of aryl methyl sites for hydroxylation is 1. The Morgan fingerprint density at radius 2 is 1.56 bits per heavy atom. The number of nitrogens with one attached hydrogen (secondary N) is 2. The van der Waals surface area contributed by atoms with Gasteiger partial charge in [-0.15, -0.1) is 0 Å². The summed E-state index contributed by atoms with van der Waals surface area (Å²) < 4.78 is 4.75. The molecule has 2 amide bonds. The fourth-order valence-electron chi connectivity index (χ4n) is 5.85. The molecule has 6 heteroatoms. The van der Waals surface area contributed by atoms with E-state index in [0.29, 0.717) is 18.0 Å². The van der Waals surface area contributed by atoms with Crippen LogP contribution in [0.15, 0.2) is 67.3 Å². The predicted molar refractivity (Wildman–Crippen MR) is 165 cm³/mol. The number of ketones is 1. The van der Waals surface area contributed by atoms with Crippen molar-refractivity contribution in [3.63, 3.8) is 0 Å². The SMILES string of the molecule is C=CC(=O)C1CCC(CCCC[C@H](CCCCCc2ccccc2)NC(=O)NCc2ccc(C(=O)OC)cc2)CC1. The molecule has 0 unspecified atom stereocenters. The number of benzene rings is 2. The molecule has 3 rings (SSSR count). The maximum atomic E-state index is 12.8. The van der Waals surface area contributed by atoms with Crippen molar-refractivity contribution in [2.75, 3.05) is 7.11 Å². The van der Waals surface area contributed by atoms with Gasteiger partial charge in [0.25, 0.3) is 0 Å². The molecule has 0 bridgehead atoms. The van der Waals surface area contributed by atoms with E-state index in [4.69, 9.17) is 4.74 Å². The van der Waals surface area contributed by atoms with Gasteiger partial charge in [-0.3, -0.25) is 4.79 Å². The number of urea groups is 1. The van der Waals surface area contributed by atoms with Gasteiger partial charge >= 0.3 is 12.0 Å². The zero-order valence-corrected chi connectivity index (χ0v) is 24.7. The molecule has 0 aliphatic heterocycles. The van der Waals surface area contributed by atoms with Gasteiger partial charge in [-0.25, -0.2) is 9.59 Å². The molecule has 2 aromatic rings. The van der Waals surface area contributed by atoms with Gasteiger partial charge < -0.3 is 15.4 Å². The third kappa shape index (κ3) is 11.9. The average molecular weight is 561 g/mol. The van der Waals surface area contributed by atoms with Gasteiger partial charge in [0.1, 0.15) is 0 Å². The van der Waals surface area contributed by atoms with E-state index in [9.17, 15) is 14.4 Å². The number of rotatable bonds is 17. The van der Waals surface area contributed by atoms with Crippen LogP contribution in [0.4, 0.5) is 4.79 Å². The van der Waals surface area contributed by atoms with Gasteiger partial charge in [0.15, 0.2) is 5.78 Å². The highest BCUT2D eigenvalue weighted by Crippen LogP contribution is 2.32. The molecule has 2 N–H and O–H groups in total. The molecule has 0 saturated heterocycles. The highest BCUT2D eigenvalue weighted by atomic mass is 16.5. The van der Waals surface area contributed by atoms with Crippen LogP contribution in [0.5, 0.6) is 0 Å². The van der Waals surface area contributed by atoms with E-state index in [2.05, 4.69) is 47.5 Å². The monoisotopic (exact) mass is 560 g/mol. The standard InChI is InChI=1S/C35H48N2O4/c1-3-33(38)30-22-18-28(19-23-30)15-10-11-17-32(16-9-5-8-14-27-12-6-4-7-13-27)37-35(40)36-26-29-20-24-31(25-21-29)34(39)41-2/h3-4,6-7,12-13,20-21,24-25,28,30,32H,1,5,8-11,14-19,22-23,26H2,2H3,(H2,36,37,40)/t28?,30?,32-/m0/s1. The van der Waals surface area contributed by atoms with Gasteiger partial charge in [0, 0.05) is 18.5 Å². The lowest BCUT2D eigenvalue weighted by Crippen LogP contribution is -2.41. The number of hydrogen-bond acceptors (Lipinski definition) is 4. The third-order valence-electron chi connectivity index (χ3n) is 8.39. The first-order chi connectivity index (χ1) is 20.0. The minimum atomic E-state index is -0.371. The van der Waals surface area contributed by atoms with E-state index < -0.39 is 0 Å². The summed E-state index contributed by atoms with van der Waals surface area (Å²) in [6, 6.07) is 17.7. The second-order valence-corrected chi connectivity index (χ2v) is 11.4. The van der Waals surface area contributed by atoms with Crippen molar-refractivity contribution in [3.05, 3.63) is 83.9 Å². The Hall–Kier alpha value is -3.41.